The maximum absolute atomic E-state index is 11.8. The van der Waals surface area contributed by atoms with Crippen LogP contribution in [0.2, 0.25) is 0 Å². The van der Waals surface area contributed by atoms with Crippen LogP contribution in [0, 0.1) is 5.92 Å². The first-order chi connectivity index (χ1) is 11.7. The van der Waals surface area contributed by atoms with E-state index in [1.54, 1.807) is 0 Å². The van der Waals surface area contributed by atoms with Gasteiger partial charge in [-0.2, -0.15) is 0 Å². The lowest BCUT2D eigenvalue weighted by molar-refractivity contribution is -0.179. The molecule has 0 spiro atoms. The van der Waals surface area contributed by atoms with E-state index in [2.05, 4.69) is 13.8 Å². The van der Waals surface area contributed by atoms with E-state index in [4.69, 9.17) is 14.2 Å². The fourth-order valence-corrected chi connectivity index (χ4v) is 3.28. The standard InChI is InChI=1S/C20H34O4/c1-3-5-7-8-12-17-18(24-20(17)21)15-16(11-6-4-2)23-19-13-9-10-14-22-19/h15,17-19H,3-14H2,1-2H3. The van der Waals surface area contributed by atoms with Gasteiger partial charge in [0.15, 0.2) is 6.29 Å². The zero-order valence-electron chi connectivity index (χ0n) is 15.4. The minimum absolute atomic E-state index is 0.0226. The fourth-order valence-electron chi connectivity index (χ4n) is 3.28. The molecule has 0 aliphatic carbocycles. The summed E-state index contributed by atoms with van der Waals surface area (Å²) in [6, 6.07) is 0. The summed E-state index contributed by atoms with van der Waals surface area (Å²) in [4.78, 5) is 11.8. The molecular weight excluding hydrogens is 304 g/mol. The molecule has 0 saturated carbocycles. The molecule has 0 aromatic heterocycles. The first kappa shape index (κ1) is 19.3. The van der Waals surface area contributed by atoms with Gasteiger partial charge in [-0.25, -0.2) is 0 Å². The highest BCUT2D eigenvalue weighted by molar-refractivity contribution is 5.79. The zero-order chi connectivity index (χ0) is 17.2. The molecule has 138 valence electrons. The minimum atomic E-state index is -0.124. The summed E-state index contributed by atoms with van der Waals surface area (Å²) in [7, 11) is 0. The van der Waals surface area contributed by atoms with E-state index < -0.39 is 0 Å². The van der Waals surface area contributed by atoms with E-state index in [1.807, 2.05) is 6.08 Å². The van der Waals surface area contributed by atoms with Gasteiger partial charge in [0.05, 0.1) is 18.3 Å². The van der Waals surface area contributed by atoms with Crippen molar-refractivity contribution in [3.63, 3.8) is 0 Å². The van der Waals surface area contributed by atoms with Crippen molar-refractivity contribution in [2.45, 2.75) is 96.9 Å². The number of carbonyl (C=O) groups excluding carboxylic acids is 1. The van der Waals surface area contributed by atoms with E-state index in [0.29, 0.717) is 0 Å². The zero-order valence-corrected chi connectivity index (χ0v) is 15.4. The number of carbonyl (C=O) groups is 1. The lowest BCUT2D eigenvalue weighted by Gasteiger charge is -2.34. The Balaban J connectivity index is 1.87. The molecule has 4 nitrogen and oxygen atoms in total. The third-order valence-electron chi connectivity index (χ3n) is 4.87. The lowest BCUT2D eigenvalue weighted by atomic mass is 9.90. The number of esters is 1. The van der Waals surface area contributed by atoms with E-state index in [1.165, 1.54) is 19.3 Å². The molecule has 2 aliphatic rings. The molecule has 0 aromatic rings. The van der Waals surface area contributed by atoms with Gasteiger partial charge in [0, 0.05) is 12.8 Å². The van der Waals surface area contributed by atoms with Crippen LogP contribution in [0.4, 0.5) is 0 Å². The second-order valence-corrected chi connectivity index (χ2v) is 7.01. The summed E-state index contributed by atoms with van der Waals surface area (Å²) in [5, 5.41) is 0. The summed E-state index contributed by atoms with van der Waals surface area (Å²) in [6.45, 7) is 5.16. The first-order valence-electron chi connectivity index (χ1n) is 9.94. The number of hydrogen-bond acceptors (Lipinski definition) is 4. The molecule has 2 fully saturated rings. The Bertz CT molecular complexity index is 398. The van der Waals surface area contributed by atoms with Gasteiger partial charge in [0.2, 0.25) is 0 Å². The molecule has 0 aromatic carbocycles. The molecule has 3 unspecified atom stereocenters. The van der Waals surface area contributed by atoms with Crippen LogP contribution in [0.5, 0.6) is 0 Å². The van der Waals surface area contributed by atoms with Crippen LogP contribution in [-0.4, -0.2) is 25.0 Å². The Morgan fingerprint density at radius 1 is 1.17 bits per heavy atom. The van der Waals surface area contributed by atoms with Crippen LogP contribution in [0.3, 0.4) is 0 Å². The predicted octanol–water partition coefficient (Wildman–Crippen LogP) is 5.12. The van der Waals surface area contributed by atoms with Crippen molar-refractivity contribution in [1.29, 1.82) is 0 Å². The highest BCUT2D eigenvalue weighted by atomic mass is 16.7. The normalized spacial score (nSPS) is 27.5. The summed E-state index contributed by atoms with van der Waals surface area (Å²) >= 11 is 0. The molecule has 0 amide bonds. The number of ether oxygens (including phenoxy) is 3. The van der Waals surface area contributed by atoms with Gasteiger partial charge in [-0.15, -0.1) is 0 Å². The van der Waals surface area contributed by atoms with Gasteiger partial charge in [0.1, 0.15) is 6.10 Å². The maximum Gasteiger partial charge on any atom is 0.313 e. The first-order valence-corrected chi connectivity index (χ1v) is 9.94. The van der Waals surface area contributed by atoms with E-state index in [-0.39, 0.29) is 24.3 Å². The number of cyclic esters (lactones) is 1. The predicted molar refractivity (Wildman–Crippen MR) is 94.4 cm³/mol. The van der Waals surface area contributed by atoms with Crippen LogP contribution >= 0.6 is 0 Å². The van der Waals surface area contributed by atoms with Gasteiger partial charge in [-0.05, 0) is 31.8 Å². The maximum atomic E-state index is 11.8. The van der Waals surface area contributed by atoms with Crippen molar-refractivity contribution in [3.8, 4) is 0 Å². The fraction of sp³-hybridized carbons (Fsp3) is 0.850. The number of unbranched alkanes of at least 4 members (excludes halogenated alkanes) is 4. The molecule has 24 heavy (non-hydrogen) atoms. The number of hydrogen-bond donors (Lipinski definition) is 0. The summed E-state index contributed by atoms with van der Waals surface area (Å²) in [6.07, 6.45) is 13.8. The summed E-state index contributed by atoms with van der Waals surface area (Å²) < 4.78 is 17.1. The quantitative estimate of drug-likeness (QED) is 0.298. The van der Waals surface area contributed by atoms with Crippen LogP contribution in [-0.2, 0) is 19.0 Å². The van der Waals surface area contributed by atoms with Crippen molar-refractivity contribution in [1.82, 2.24) is 0 Å². The monoisotopic (exact) mass is 338 g/mol. The Morgan fingerprint density at radius 2 is 2.00 bits per heavy atom. The van der Waals surface area contributed by atoms with Crippen molar-refractivity contribution in [3.05, 3.63) is 11.8 Å². The Morgan fingerprint density at radius 3 is 2.67 bits per heavy atom. The van der Waals surface area contributed by atoms with Crippen LogP contribution in [0.25, 0.3) is 0 Å². The van der Waals surface area contributed by atoms with Gasteiger partial charge in [0.25, 0.3) is 0 Å². The van der Waals surface area contributed by atoms with Crippen LogP contribution in [0.15, 0.2) is 11.8 Å². The smallest absolute Gasteiger partial charge is 0.313 e. The van der Waals surface area contributed by atoms with Crippen molar-refractivity contribution in [2.75, 3.05) is 6.61 Å². The van der Waals surface area contributed by atoms with E-state index in [0.717, 1.165) is 63.7 Å². The SMILES string of the molecule is CCCCCCC1C(=O)OC1C=C(CCCC)OC1CCCCO1. The number of allylic oxidation sites excluding steroid dienone is 1. The van der Waals surface area contributed by atoms with Crippen LogP contribution < -0.4 is 0 Å². The molecule has 2 aliphatic heterocycles. The summed E-state index contributed by atoms with van der Waals surface area (Å²) in [5.74, 6) is 0.922. The Hall–Kier alpha value is -1.03. The highest BCUT2D eigenvalue weighted by Crippen LogP contribution is 2.31. The minimum Gasteiger partial charge on any atom is -0.469 e. The van der Waals surface area contributed by atoms with E-state index >= 15 is 0 Å². The molecule has 2 heterocycles. The van der Waals surface area contributed by atoms with Crippen molar-refractivity contribution < 1.29 is 19.0 Å². The van der Waals surface area contributed by atoms with Crippen molar-refractivity contribution in [2.24, 2.45) is 5.92 Å². The molecule has 0 radical (unpaired) electrons. The average molecular weight is 338 g/mol. The molecule has 3 atom stereocenters. The highest BCUT2D eigenvalue weighted by Gasteiger charge is 2.40. The molecule has 2 rings (SSSR count). The molecule has 4 heteroatoms. The Labute approximate surface area is 146 Å². The Kier molecular flexibility index (Phi) is 8.65. The second-order valence-electron chi connectivity index (χ2n) is 7.01. The lowest BCUT2D eigenvalue weighted by Crippen LogP contribution is -2.44. The average Bonchev–Trinajstić information content (AvgIpc) is 2.59. The van der Waals surface area contributed by atoms with Gasteiger partial charge in [-0.1, -0.05) is 46.0 Å². The van der Waals surface area contributed by atoms with Gasteiger partial charge in [-0.3, -0.25) is 4.79 Å². The summed E-state index contributed by atoms with van der Waals surface area (Å²) in [5.41, 5.74) is 0. The largest absolute Gasteiger partial charge is 0.469 e. The van der Waals surface area contributed by atoms with Crippen molar-refractivity contribution >= 4 is 5.97 Å². The van der Waals surface area contributed by atoms with E-state index in [9.17, 15) is 4.79 Å². The van der Waals surface area contributed by atoms with Crippen LogP contribution in [0.1, 0.15) is 84.5 Å². The molecule has 0 bridgehead atoms. The van der Waals surface area contributed by atoms with Gasteiger partial charge >= 0.3 is 5.97 Å². The third-order valence-corrected chi connectivity index (χ3v) is 4.87. The molecule has 2 saturated heterocycles. The van der Waals surface area contributed by atoms with Gasteiger partial charge < -0.3 is 14.2 Å². The number of rotatable bonds is 11. The third kappa shape index (κ3) is 6.12. The topological polar surface area (TPSA) is 44.8 Å². The molecule has 0 N–H and O–H groups in total. The second kappa shape index (κ2) is 10.8. The molecular formula is C20H34O4.